The number of hydrogen-bond acceptors (Lipinski definition) is 3. The van der Waals surface area contributed by atoms with Gasteiger partial charge in [0.15, 0.2) is 0 Å². The minimum absolute atomic E-state index is 0.356. The van der Waals surface area contributed by atoms with E-state index < -0.39 is 5.91 Å². The van der Waals surface area contributed by atoms with Crippen LogP contribution >= 0.6 is 9.24 Å². The maximum absolute atomic E-state index is 13.0. The Labute approximate surface area is 110 Å². The third-order valence-electron chi connectivity index (χ3n) is 3.31. The van der Waals surface area contributed by atoms with E-state index in [1.165, 1.54) is 5.56 Å². The van der Waals surface area contributed by atoms with Gasteiger partial charge in [0.25, 0.3) is 0 Å². The first kappa shape index (κ1) is 13.8. The molecular formula is C13H21FN3P. The van der Waals surface area contributed by atoms with Crippen LogP contribution in [-0.2, 0) is 13.0 Å². The Morgan fingerprint density at radius 3 is 2.72 bits per heavy atom. The second-order valence-corrected chi connectivity index (χ2v) is 5.97. The zero-order chi connectivity index (χ0) is 13.3. The van der Waals surface area contributed by atoms with E-state index in [1.54, 1.807) is 0 Å². The van der Waals surface area contributed by atoms with Crippen molar-refractivity contribution in [2.75, 3.05) is 13.1 Å². The van der Waals surface area contributed by atoms with E-state index in [0.29, 0.717) is 12.5 Å². The maximum atomic E-state index is 13.0. The van der Waals surface area contributed by atoms with Gasteiger partial charge in [-0.2, -0.15) is 0 Å². The summed E-state index contributed by atoms with van der Waals surface area (Å²) < 4.78 is 13.0. The molecule has 0 radical (unpaired) electrons. The summed E-state index contributed by atoms with van der Waals surface area (Å²) in [5.74, 6) is 0.422. The van der Waals surface area contributed by atoms with Crippen LogP contribution in [0.5, 0.6) is 0 Å². The molecule has 5 heteroatoms. The number of alkyl halides is 1. The second kappa shape index (κ2) is 5.58. The maximum Gasteiger partial charge on any atom is 0.131 e. The van der Waals surface area contributed by atoms with Crippen LogP contribution in [0.3, 0.4) is 0 Å². The van der Waals surface area contributed by atoms with E-state index in [1.807, 2.05) is 6.92 Å². The van der Waals surface area contributed by atoms with Crippen LogP contribution in [-0.4, -0.2) is 33.9 Å². The van der Waals surface area contributed by atoms with E-state index in [9.17, 15) is 4.39 Å². The summed E-state index contributed by atoms with van der Waals surface area (Å²) in [4.78, 5) is 11.3. The highest BCUT2D eigenvalue weighted by molar-refractivity contribution is 7.17. The molecule has 0 aliphatic carbocycles. The molecule has 2 rings (SSSR count). The zero-order valence-electron chi connectivity index (χ0n) is 11.3. The van der Waals surface area contributed by atoms with E-state index in [-0.39, 0.29) is 0 Å². The Bertz CT molecular complexity index is 434. The first-order valence-corrected chi connectivity index (χ1v) is 7.12. The predicted molar refractivity (Wildman–Crippen MR) is 74.4 cm³/mol. The molecule has 0 saturated heterocycles. The fourth-order valence-corrected chi connectivity index (χ4v) is 2.62. The lowest BCUT2D eigenvalue weighted by Crippen LogP contribution is -2.35. The van der Waals surface area contributed by atoms with Gasteiger partial charge in [0.2, 0.25) is 0 Å². The minimum atomic E-state index is -0.859. The monoisotopic (exact) mass is 269 g/mol. The summed E-state index contributed by atoms with van der Waals surface area (Å²) in [5.41, 5.74) is 3.39. The van der Waals surface area contributed by atoms with Crippen LogP contribution in [0.2, 0.25) is 0 Å². The van der Waals surface area contributed by atoms with E-state index in [4.69, 9.17) is 0 Å². The molecule has 0 fully saturated rings. The highest BCUT2D eigenvalue weighted by atomic mass is 31.0. The van der Waals surface area contributed by atoms with Gasteiger partial charge < -0.3 is 0 Å². The van der Waals surface area contributed by atoms with Crippen molar-refractivity contribution in [3.63, 3.8) is 0 Å². The molecule has 2 unspecified atom stereocenters. The average Bonchev–Trinajstić information content (AvgIpc) is 2.28. The summed E-state index contributed by atoms with van der Waals surface area (Å²) in [7, 11) is 2.21. The largest absolute Gasteiger partial charge is 0.295 e. The van der Waals surface area contributed by atoms with Gasteiger partial charge in [0.05, 0.1) is 5.69 Å². The summed E-state index contributed by atoms with van der Waals surface area (Å²) in [5, 5.41) is 0. The quantitative estimate of drug-likeness (QED) is 0.789. The molecular weight excluding hydrogens is 248 g/mol. The first-order chi connectivity index (χ1) is 8.47. The molecule has 2 atom stereocenters. The molecule has 3 nitrogen and oxygen atoms in total. The lowest BCUT2D eigenvalue weighted by Gasteiger charge is -2.29. The van der Waals surface area contributed by atoms with Crippen molar-refractivity contribution in [2.24, 2.45) is 0 Å². The smallest absolute Gasteiger partial charge is 0.131 e. The molecule has 1 aromatic rings. The zero-order valence-corrected chi connectivity index (χ0v) is 12.4. The number of rotatable bonds is 3. The summed E-state index contributed by atoms with van der Waals surface area (Å²) in [6.45, 7) is 8.37. The van der Waals surface area contributed by atoms with E-state index in [2.05, 4.69) is 38.0 Å². The van der Waals surface area contributed by atoms with Gasteiger partial charge in [-0.25, -0.2) is 14.4 Å². The molecule has 0 saturated carbocycles. The van der Waals surface area contributed by atoms with Crippen LogP contribution in [0.1, 0.15) is 42.5 Å². The fourth-order valence-electron chi connectivity index (χ4n) is 2.32. The molecule has 1 aromatic heterocycles. The van der Waals surface area contributed by atoms with Gasteiger partial charge >= 0.3 is 0 Å². The molecule has 0 aromatic carbocycles. The van der Waals surface area contributed by atoms with E-state index >= 15 is 0 Å². The molecule has 0 amide bonds. The molecule has 1 aliphatic heterocycles. The molecule has 18 heavy (non-hydrogen) atoms. The first-order valence-electron chi connectivity index (χ1n) is 6.45. The van der Waals surface area contributed by atoms with Crippen LogP contribution in [0.4, 0.5) is 4.39 Å². The van der Waals surface area contributed by atoms with Gasteiger partial charge in [-0.15, -0.1) is 0 Å². The van der Waals surface area contributed by atoms with Crippen molar-refractivity contribution >= 4 is 9.24 Å². The van der Waals surface area contributed by atoms with Gasteiger partial charge in [0.1, 0.15) is 11.7 Å². The molecule has 0 bridgehead atoms. The van der Waals surface area contributed by atoms with Crippen LogP contribution < -0.4 is 0 Å². The lowest BCUT2D eigenvalue weighted by atomic mass is 10.0. The number of aromatic nitrogens is 2. The van der Waals surface area contributed by atoms with Crippen molar-refractivity contribution in [1.82, 2.24) is 14.9 Å². The Hall–Kier alpha value is -0.600. The molecule has 2 heterocycles. The highest BCUT2D eigenvalue weighted by Gasteiger charge is 2.22. The second-order valence-electron chi connectivity index (χ2n) is 5.25. The number of hydrogen-bond donors (Lipinski definition) is 0. The van der Waals surface area contributed by atoms with Crippen LogP contribution in [0, 0.1) is 6.92 Å². The minimum Gasteiger partial charge on any atom is -0.295 e. The van der Waals surface area contributed by atoms with Crippen LogP contribution in [0.15, 0.2) is 0 Å². The average molecular weight is 269 g/mol. The van der Waals surface area contributed by atoms with Crippen molar-refractivity contribution in [3.8, 4) is 0 Å². The van der Waals surface area contributed by atoms with Gasteiger partial charge in [0, 0.05) is 43.2 Å². The van der Waals surface area contributed by atoms with Gasteiger partial charge in [-0.1, -0.05) is 23.1 Å². The third kappa shape index (κ3) is 3.04. The normalized spacial score (nSPS) is 17.9. The number of fused-ring (bicyclic) bond motifs is 1. The Morgan fingerprint density at radius 1 is 1.39 bits per heavy atom. The standard InChI is InChI=1S/C13H21FN3P/c1-8(2)13-15-9(3)10-6-17(7-12(14)18)5-4-11(10)16-13/h8,12H,4-7,18H2,1-3H3. The van der Waals surface area contributed by atoms with Crippen molar-refractivity contribution < 1.29 is 4.39 Å². The molecule has 0 N–H and O–H groups in total. The van der Waals surface area contributed by atoms with Crippen molar-refractivity contribution in [3.05, 3.63) is 22.8 Å². The molecule has 0 spiro atoms. The summed E-state index contributed by atoms with van der Waals surface area (Å²) in [6, 6.07) is 0. The summed E-state index contributed by atoms with van der Waals surface area (Å²) in [6.07, 6.45) is 0.899. The van der Waals surface area contributed by atoms with E-state index in [0.717, 1.165) is 36.7 Å². The highest BCUT2D eigenvalue weighted by Crippen LogP contribution is 2.23. The Kier molecular flexibility index (Phi) is 4.29. The third-order valence-corrected chi connectivity index (χ3v) is 3.52. The van der Waals surface area contributed by atoms with Gasteiger partial charge in [-0.3, -0.25) is 4.90 Å². The van der Waals surface area contributed by atoms with Crippen LogP contribution in [0.25, 0.3) is 0 Å². The molecule has 1 aliphatic rings. The SMILES string of the molecule is Cc1nc(C(C)C)nc2c1CN(CC(F)P)CC2. The van der Waals surface area contributed by atoms with Crippen molar-refractivity contribution in [2.45, 2.75) is 45.6 Å². The van der Waals surface area contributed by atoms with Crippen molar-refractivity contribution in [1.29, 1.82) is 0 Å². The Balaban J connectivity index is 2.23. The van der Waals surface area contributed by atoms with Gasteiger partial charge in [-0.05, 0) is 6.92 Å². The summed E-state index contributed by atoms with van der Waals surface area (Å²) >= 11 is 0. The number of aryl methyl sites for hydroxylation is 1. The fraction of sp³-hybridized carbons (Fsp3) is 0.692. The predicted octanol–water partition coefficient (Wildman–Crippen LogP) is 2.44. The number of halogens is 1. The topological polar surface area (TPSA) is 29.0 Å². The Morgan fingerprint density at radius 2 is 2.11 bits per heavy atom. The molecule has 100 valence electrons. The lowest BCUT2D eigenvalue weighted by molar-refractivity contribution is 0.215. The number of nitrogens with zero attached hydrogens (tertiary/aromatic N) is 3.